The summed E-state index contributed by atoms with van der Waals surface area (Å²) in [6.07, 6.45) is 1.69. The van der Waals surface area contributed by atoms with Gasteiger partial charge in [0, 0.05) is 23.7 Å². The zero-order valence-electron chi connectivity index (χ0n) is 15.2. The summed E-state index contributed by atoms with van der Waals surface area (Å²) in [4.78, 5) is 27.2. The van der Waals surface area contributed by atoms with Gasteiger partial charge in [-0.3, -0.25) is 9.59 Å². The van der Waals surface area contributed by atoms with Crippen LogP contribution in [0.2, 0.25) is 5.02 Å². The molecule has 5 nitrogen and oxygen atoms in total. The second-order valence-electron chi connectivity index (χ2n) is 7.00. The SMILES string of the molecule is O=C1C(=O)N(CC2CCCO2)C(c2ccccc2)C1=C(O)c1ccc(Cl)cc1. The van der Waals surface area contributed by atoms with Crippen LogP contribution in [0.4, 0.5) is 0 Å². The fraction of sp³-hybridized carbons (Fsp3) is 0.273. The van der Waals surface area contributed by atoms with E-state index in [1.807, 2.05) is 30.3 Å². The first kappa shape index (κ1) is 18.7. The van der Waals surface area contributed by atoms with E-state index < -0.39 is 17.7 Å². The highest BCUT2D eigenvalue weighted by atomic mass is 35.5. The van der Waals surface area contributed by atoms with Gasteiger partial charge in [0.15, 0.2) is 0 Å². The number of nitrogens with zero attached hydrogens (tertiary/aromatic N) is 1. The molecular formula is C22H20ClNO4. The molecule has 2 aliphatic rings. The number of ketones is 1. The fourth-order valence-corrected chi connectivity index (χ4v) is 3.95. The number of benzene rings is 2. The molecule has 6 heteroatoms. The molecule has 0 saturated carbocycles. The Bertz CT molecular complexity index is 917. The molecule has 2 aromatic rings. The van der Waals surface area contributed by atoms with Crippen molar-refractivity contribution in [3.05, 3.63) is 76.3 Å². The van der Waals surface area contributed by atoms with Gasteiger partial charge in [-0.1, -0.05) is 41.9 Å². The highest BCUT2D eigenvalue weighted by Crippen LogP contribution is 2.40. The number of amides is 1. The molecular weight excluding hydrogens is 378 g/mol. The molecule has 0 aliphatic carbocycles. The molecule has 2 unspecified atom stereocenters. The molecule has 2 heterocycles. The monoisotopic (exact) mass is 397 g/mol. The lowest BCUT2D eigenvalue weighted by Crippen LogP contribution is -2.36. The van der Waals surface area contributed by atoms with Crippen molar-refractivity contribution in [1.29, 1.82) is 0 Å². The van der Waals surface area contributed by atoms with Gasteiger partial charge in [0.2, 0.25) is 0 Å². The van der Waals surface area contributed by atoms with Gasteiger partial charge in [-0.25, -0.2) is 0 Å². The normalized spacial score (nSPS) is 24.1. The van der Waals surface area contributed by atoms with Gasteiger partial charge in [0.05, 0.1) is 17.7 Å². The number of Topliss-reactive ketones (excluding diaryl/α,β-unsaturated/α-hetero) is 1. The Hall–Kier alpha value is -2.63. The molecule has 144 valence electrons. The molecule has 0 spiro atoms. The van der Waals surface area contributed by atoms with Crippen molar-refractivity contribution in [2.45, 2.75) is 25.0 Å². The van der Waals surface area contributed by atoms with Crippen LogP contribution in [0.1, 0.15) is 30.0 Å². The van der Waals surface area contributed by atoms with E-state index in [1.165, 1.54) is 4.90 Å². The van der Waals surface area contributed by atoms with Gasteiger partial charge in [-0.05, 0) is 42.7 Å². The van der Waals surface area contributed by atoms with Crippen LogP contribution in [0.15, 0.2) is 60.2 Å². The van der Waals surface area contributed by atoms with E-state index in [4.69, 9.17) is 16.3 Å². The minimum absolute atomic E-state index is 0.0940. The average Bonchev–Trinajstić information content (AvgIpc) is 3.31. The molecule has 1 N–H and O–H groups in total. The molecule has 1 amide bonds. The Balaban J connectivity index is 1.80. The van der Waals surface area contributed by atoms with Crippen molar-refractivity contribution < 1.29 is 19.4 Å². The summed E-state index contributed by atoms with van der Waals surface area (Å²) in [5.41, 5.74) is 1.31. The Morgan fingerprint density at radius 1 is 1.11 bits per heavy atom. The maximum Gasteiger partial charge on any atom is 0.295 e. The minimum Gasteiger partial charge on any atom is -0.507 e. The maximum absolute atomic E-state index is 12.9. The predicted octanol–water partition coefficient (Wildman–Crippen LogP) is 3.94. The number of hydrogen-bond donors (Lipinski definition) is 1. The minimum atomic E-state index is -0.681. The molecule has 2 saturated heterocycles. The number of likely N-dealkylation sites (tertiary alicyclic amines) is 1. The lowest BCUT2D eigenvalue weighted by Gasteiger charge is -2.27. The number of halogens is 1. The summed E-state index contributed by atoms with van der Waals surface area (Å²) in [5.74, 6) is -1.49. The number of aliphatic hydroxyl groups excluding tert-OH is 1. The van der Waals surface area contributed by atoms with E-state index >= 15 is 0 Å². The van der Waals surface area contributed by atoms with Crippen LogP contribution >= 0.6 is 11.6 Å². The standard InChI is InChI=1S/C22H20ClNO4/c23-16-10-8-15(9-11-16)20(25)18-19(14-5-2-1-3-6-14)24(22(27)21(18)26)13-17-7-4-12-28-17/h1-3,5-6,8-11,17,19,25H,4,7,12-13H2. The van der Waals surface area contributed by atoms with Crippen LogP contribution in [-0.2, 0) is 14.3 Å². The third-order valence-electron chi connectivity index (χ3n) is 5.20. The number of aliphatic hydroxyl groups is 1. The van der Waals surface area contributed by atoms with E-state index in [-0.39, 0.29) is 17.4 Å². The smallest absolute Gasteiger partial charge is 0.295 e. The van der Waals surface area contributed by atoms with Gasteiger partial charge in [-0.2, -0.15) is 0 Å². The van der Waals surface area contributed by atoms with Gasteiger partial charge in [0.1, 0.15) is 5.76 Å². The molecule has 4 rings (SSSR count). The van der Waals surface area contributed by atoms with Crippen molar-refractivity contribution in [3.63, 3.8) is 0 Å². The molecule has 2 atom stereocenters. The van der Waals surface area contributed by atoms with E-state index in [1.54, 1.807) is 24.3 Å². The summed E-state index contributed by atoms with van der Waals surface area (Å²) < 4.78 is 5.68. The van der Waals surface area contributed by atoms with Crippen molar-refractivity contribution in [1.82, 2.24) is 4.90 Å². The lowest BCUT2D eigenvalue weighted by molar-refractivity contribution is -0.140. The lowest BCUT2D eigenvalue weighted by atomic mass is 9.95. The van der Waals surface area contributed by atoms with Gasteiger partial charge in [-0.15, -0.1) is 0 Å². The summed E-state index contributed by atoms with van der Waals surface area (Å²) in [7, 11) is 0. The second-order valence-corrected chi connectivity index (χ2v) is 7.44. The Labute approximate surface area is 168 Å². The highest BCUT2D eigenvalue weighted by Gasteiger charge is 2.46. The zero-order chi connectivity index (χ0) is 19.7. The second kappa shape index (κ2) is 7.78. The van der Waals surface area contributed by atoms with Crippen molar-refractivity contribution in [3.8, 4) is 0 Å². The average molecular weight is 398 g/mol. The van der Waals surface area contributed by atoms with Gasteiger partial charge >= 0.3 is 0 Å². The Morgan fingerprint density at radius 2 is 1.82 bits per heavy atom. The molecule has 0 bridgehead atoms. The fourth-order valence-electron chi connectivity index (χ4n) is 3.82. The molecule has 0 radical (unpaired) electrons. The van der Waals surface area contributed by atoms with Crippen LogP contribution in [0.25, 0.3) is 5.76 Å². The van der Waals surface area contributed by atoms with Crippen LogP contribution in [0.3, 0.4) is 0 Å². The first-order chi connectivity index (χ1) is 13.6. The number of hydrogen-bond acceptors (Lipinski definition) is 4. The predicted molar refractivity (Wildman–Crippen MR) is 106 cm³/mol. The van der Waals surface area contributed by atoms with E-state index in [2.05, 4.69) is 0 Å². The molecule has 0 aromatic heterocycles. The molecule has 2 aliphatic heterocycles. The third kappa shape index (κ3) is 3.43. The first-order valence-corrected chi connectivity index (χ1v) is 9.65. The largest absolute Gasteiger partial charge is 0.507 e. The Morgan fingerprint density at radius 3 is 2.46 bits per heavy atom. The number of ether oxygens (including phenoxy) is 1. The topological polar surface area (TPSA) is 66.8 Å². The van der Waals surface area contributed by atoms with E-state index in [0.717, 1.165) is 18.4 Å². The van der Waals surface area contributed by atoms with Crippen molar-refractivity contribution in [2.75, 3.05) is 13.2 Å². The van der Waals surface area contributed by atoms with E-state index in [9.17, 15) is 14.7 Å². The summed E-state index contributed by atoms with van der Waals surface area (Å²) >= 11 is 5.93. The van der Waals surface area contributed by atoms with Crippen molar-refractivity contribution in [2.24, 2.45) is 0 Å². The number of carbonyl (C=O) groups is 2. The number of rotatable bonds is 4. The van der Waals surface area contributed by atoms with Crippen LogP contribution in [-0.4, -0.2) is 41.0 Å². The summed E-state index contributed by atoms with van der Waals surface area (Å²) in [6, 6.07) is 15.2. The van der Waals surface area contributed by atoms with E-state index in [0.29, 0.717) is 23.7 Å². The molecule has 2 aromatic carbocycles. The highest BCUT2D eigenvalue weighted by molar-refractivity contribution is 6.46. The quantitative estimate of drug-likeness (QED) is 0.482. The Kier molecular flexibility index (Phi) is 5.20. The number of carbonyl (C=O) groups excluding carboxylic acids is 2. The summed E-state index contributed by atoms with van der Waals surface area (Å²) in [6.45, 7) is 0.983. The van der Waals surface area contributed by atoms with Gasteiger partial charge in [0.25, 0.3) is 11.7 Å². The molecule has 2 fully saturated rings. The maximum atomic E-state index is 12.9. The van der Waals surface area contributed by atoms with Crippen LogP contribution < -0.4 is 0 Å². The van der Waals surface area contributed by atoms with Gasteiger partial charge < -0.3 is 14.7 Å². The zero-order valence-corrected chi connectivity index (χ0v) is 15.9. The third-order valence-corrected chi connectivity index (χ3v) is 5.45. The van der Waals surface area contributed by atoms with Crippen LogP contribution in [0, 0.1) is 0 Å². The van der Waals surface area contributed by atoms with Crippen LogP contribution in [0.5, 0.6) is 0 Å². The molecule has 28 heavy (non-hydrogen) atoms. The summed E-state index contributed by atoms with van der Waals surface area (Å²) in [5, 5.41) is 11.4. The van der Waals surface area contributed by atoms with Crippen molar-refractivity contribution >= 4 is 29.1 Å². The first-order valence-electron chi connectivity index (χ1n) is 9.27.